The van der Waals surface area contributed by atoms with E-state index in [9.17, 15) is 14.0 Å². The summed E-state index contributed by atoms with van der Waals surface area (Å²) in [6, 6.07) is 64.1. The van der Waals surface area contributed by atoms with Gasteiger partial charge in [0.05, 0.1) is 58.9 Å². The van der Waals surface area contributed by atoms with Crippen molar-refractivity contribution in [3.8, 4) is 136 Å². The Morgan fingerprint density at radius 1 is 0.333 bits per heavy atom. The lowest BCUT2D eigenvalue weighted by molar-refractivity contribution is 0.0915. The number of rotatable bonds is 26. The molecule has 10 aromatic heterocycles. The molecular weight excluding hydrogens is 1780 g/mol. The fraction of sp³-hybridized carbons (Fsp3) is 0.280. The van der Waals surface area contributed by atoms with Gasteiger partial charge < -0.3 is 29.6 Å². The Bertz CT molecular complexity index is 7860. The number of amides is 2. The summed E-state index contributed by atoms with van der Waals surface area (Å²) in [4.78, 5) is 48.2. The number of nitrogens with zero attached hydrogens (tertiary/aromatic N) is 15. The van der Waals surface area contributed by atoms with Crippen LogP contribution in [0.3, 0.4) is 0 Å². The highest BCUT2D eigenvalue weighted by atomic mass is 19.1. The van der Waals surface area contributed by atoms with Crippen LogP contribution >= 0.6 is 0 Å². The molecule has 0 spiro atoms. The van der Waals surface area contributed by atoms with Gasteiger partial charge in [-0.1, -0.05) is 79.7 Å². The molecule has 24 rings (SSSR count). The van der Waals surface area contributed by atoms with Crippen LogP contribution in [-0.4, -0.2) is 172 Å². The lowest BCUT2D eigenvalue weighted by Crippen LogP contribution is -2.39. The highest BCUT2D eigenvalue weighted by Gasteiger charge is 2.28. The maximum atomic E-state index is 13.2. The maximum Gasteiger partial charge on any atom is 0.251 e. The zero-order valence-corrected chi connectivity index (χ0v) is 79.8. The molecule has 2 amide bonds. The number of methoxy groups -OCH3 is 2. The molecule has 141 heavy (non-hydrogen) atoms. The first-order chi connectivity index (χ1) is 68.6. The highest BCUT2D eigenvalue weighted by Crippen LogP contribution is 2.42. The molecule has 4 aliphatic rings. The SMILES string of the molecule is CC(C)Cc1nc(-c2ccc3[nH]nc(-c4ccc5c(c4)OCO5)c3c2)n[nH]1.CC(C)Cc1nc(-c2ccc3[nH]nc(-c4cccc(C(=O)NC5CC5)c4)c3c2)n[nH]1.CC(C)Cc1nc(-c2ccc3[nH]nc(-c4cccc(C(=O)NC5CCC5)c4)c3c2)n[nH]1.COc1ccc(-c2n[nH]c3ccc(-c4n[nH]c(CC(C)C)n4)cc23)cc1OC.Fc1ccc(-c2n[nH]c3ccc(-c4n[nH]c(CC5CC5)n4)cc23)cc1. The lowest BCUT2D eigenvalue weighted by Gasteiger charge is -2.26. The summed E-state index contributed by atoms with van der Waals surface area (Å²) in [7, 11) is 3.25. The summed E-state index contributed by atoms with van der Waals surface area (Å²) in [5.74, 6) is 13.4. The maximum absolute atomic E-state index is 13.2. The zero-order chi connectivity index (χ0) is 96.9. The third-order valence-corrected chi connectivity index (χ3v) is 24.9. The second kappa shape index (κ2) is 40.5. The second-order valence-electron chi connectivity index (χ2n) is 37.9. The Hall–Kier alpha value is -16.7. The van der Waals surface area contributed by atoms with Crippen molar-refractivity contribution in [1.29, 1.82) is 0 Å². The lowest BCUT2D eigenvalue weighted by atomic mass is 9.93. The minimum atomic E-state index is -0.256. The molecule has 714 valence electrons. The van der Waals surface area contributed by atoms with Crippen LogP contribution < -0.4 is 29.6 Å². The van der Waals surface area contributed by atoms with Gasteiger partial charge in [-0.05, 0) is 250 Å². The molecule has 0 bridgehead atoms. The Kier molecular flexibility index (Phi) is 26.5. The summed E-state index contributed by atoms with van der Waals surface area (Å²) < 4.78 is 34.8. The fourth-order valence-corrected chi connectivity index (χ4v) is 17.2. The molecule has 33 nitrogen and oxygen atoms in total. The Morgan fingerprint density at radius 2 is 0.660 bits per heavy atom. The number of aromatic amines is 10. The highest BCUT2D eigenvalue weighted by molar-refractivity contribution is 6.02. The normalized spacial score (nSPS) is 13.3. The Labute approximate surface area is 809 Å². The number of H-pyrrole nitrogens is 10. The topological polar surface area (TPSA) is 446 Å². The van der Waals surface area contributed by atoms with E-state index in [0.29, 0.717) is 87.5 Å². The van der Waals surface area contributed by atoms with Crippen LogP contribution in [0.2, 0.25) is 0 Å². The molecule has 3 aliphatic carbocycles. The number of aromatic nitrogens is 25. The van der Waals surface area contributed by atoms with Crippen LogP contribution in [0, 0.1) is 35.4 Å². The van der Waals surface area contributed by atoms with Gasteiger partial charge in [0.2, 0.25) is 6.79 Å². The molecule has 3 saturated carbocycles. The van der Waals surface area contributed by atoms with Crippen LogP contribution in [0.5, 0.6) is 23.0 Å². The monoisotopic (exact) mass is 1890 g/mol. The molecule has 0 radical (unpaired) electrons. The molecule has 20 aromatic rings. The second-order valence-corrected chi connectivity index (χ2v) is 37.9. The van der Waals surface area contributed by atoms with E-state index >= 15 is 0 Å². The average Bonchev–Trinajstić information content (AvgIpc) is 1.65. The number of ether oxygens (including phenoxy) is 4. The summed E-state index contributed by atoms with van der Waals surface area (Å²) in [6.07, 6.45) is 12.5. The molecular formula is C107H108FN27O6. The van der Waals surface area contributed by atoms with E-state index in [1.165, 1.54) is 31.4 Å². The number of benzene rings is 10. The Balaban J connectivity index is 0.000000108. The van der Waals surface area contributed by atoms with E-state index in [1.807, 2.05) is 158 Å². The van der Waals surface area contributed by atoms with Crippen molar-refractivity contribution >= 4 is 66.3 Å². The molecule has 0 atom stereocenters. The third-order valence-electron chi connectivity index (χ3n) is 24.9. The van der Waals surface area contributed by atoms with E-state index in [2.05, 4.69) is 211 Å². The van der Waals surface area contributed by atoms with Gasteiger partial charge in [0.15, 0.2) is 52.1 Å². The number of halogens is 1. The van der Waals surface area contributed by atoms with Gasteiger partial charge >= 0.3 is 0 Å². The minimum absolute atomic E-state index is 0.0227. The van der Waals surface area contributed by atoms with E-state index < -0.39 is 0 Å². The molecule has 34 heteroatoms. The van der Waals surface area contributed by atoms with E-state index in [-0.39, 0.29) is 24.4 Å². The van der Waals surface area contributed by atoms with Crippen molar-refractivity contribution in [1.82, 2.24) is 138 Å². The molecule has 10 aromatic carbocycles. The van der Waals surface area contributed by atoms with Gasteiger partial charge in [-0.25, -0.2) is 29.3 Å². The summed E-state index contributed by atoms with van der Waals surface area (Å²) >= 11 is 0. The minimum Gasteiger partial charge on any atom is -0.493 e. The molecule has 3 fully saturated rings. The molecule has 0 unspecified atom stereocenters. The smallest absolute Gasteiger partial charge is 0.251 e. The van der Waals surface area contributed by atoms with Gasteiger partial charge in [-0.3, -0.25) is 60.6 Å². The predicted octanol–water partition coefficient (Wildman–Crippen LogP) is 20.9. The quantitative estimate of drug-likeness (QED) is 0.0239. The van der Waals surface area contributed by atoms with E-state index in [1.54, 1.807) is 26.4 Å². The number of fused-ring (bicyclic) bond motifs is 6. The van der Waals surface area contributed by atoms with Crippen molar-refractivity contribution in [3.05, 3.63) is 246 Å². The predicted molar refractivity (Wildman–Crippen MR) is 540 cm³/mol. The van der Waals surface area contributed by atoms with Gasteiger partial charge in [0.1, 0.15) is 46.3 Å². The fourth-order valence-electron chi connectivity index (χ4n) is 17.2. The largest absolute Gasteiger partial charge is 0.493 e. The third kappa shape index (κ3) is 21.2. The zero-order valence-electron chi connectivity index (χ0n) is 79.8. The van der Waals surface area contributed by atoms with E-state index in [0.717, 1.165) is 243 Å². The van der Waals surface area contributed by atoms with Gasteiger partial charge in [-0.15, -0.1) is 0 Å². The standard InChI is InChI=1S/C24H26N6O.C23H24N6O.C21H23N5O2.C20H19N5O2.C19H16FN5/c1-14(2)11-21-26-23(30-28-21)16-9-10-20-19(13-16)22(29-27-20)15-5-3-6-17(12-15)24(31)25-18-7-4-8-18;1-13(2)10-20-25-22(29-27-20)15-6-9-19-18(12-15)21(28-26-19)14-4-3-5-16(11-14)23(30)24-17-7-8-17;1-12(2)9-19-22-21(26-24-19)14-5-7-16-15(10-14)20(25-23-16)13-6-8-17(27-3)18(11-13)28-4;1-11(2)7-18-21-20(25-23-18)13-3-5-15-14(8-13)19(24-22-15)12-4-6-16-17(9-12)27-10-26-16;20-14-6-3-12(4-7-14)18-15-10-13(5-8-16(15)22-24-18)19-21-17(23-25-19)9-11-1-2-11/h3,5-6,9-10,12-14,18H,4,7-8,11H2,1-2H3,(H,25,31)(H,27,29)(H,26,28,30);3-6,9,11-13,17H,7-8,10H2,1-2H3,(H,24,30)(H,26,28)(H,25,27,29);5-8,10-12H,9H2,1-4H3,(H,23,25)(H,22,24,26);3-6,8-9,11H,7,10H2,1-2H3,(H,22,24)(H,21,23,25);3-8,10-11H,1-2,9H2,(H,22,24)(H,21,23,25). The van der Waals surface area contributed by atoms with E-state index in [4.69, 9.17) is 18.9 Å². The van der Waals surface area contributed by atoms with Crippen LogP contribution in [0.15, 0.2) is 200 Å². The molecule has 11 heterocycles. The number of carbonyl (C=O) groups is 2. The van der Waals surface area contributed by atoms with Crippen LogP contribution in [0.25, 0.3) is 168 Å². The molecule has 12 N–H and O–H groups in total. The van der Waals surface area contributed by atoms with Crippen molar-refractivity contribution in [2.45, 2.75) is 145 Å². The van der Waals surface area contributed by atoms with Crippen LogP contribution in [0.1, 0.15) is 150 Å². The first-order valence-electron chi connectivity index (χ1n) is 47.9. The van der Waals surface area contributed by atoms with Crippen molar-refractivity contribution in [2.24, 2.45) is 29.6 Å². The summed E-state index contributed by atoms with van der Waals surface area (Å²) in [6.45, 7) is 17.5. The first-order valence-corrected chi connectivity index (χ1v) is 47.9. The van der Waals surface area contributed by atoms with Crippen LogP contribution in [0.4, 0.5) is 4.39 Å². The first kappa shape index (κ1) is 92.0. The van der Waals surface area contributed by atoms with Gasteiger partial charge in [-0.2, -0.15) is 51.0 Å². The summed E-state index contributed by atoms with van der Waals surface area (Å²) in [5.41, 5.74) is 19.4. The van der Waals surface area contributed by atoms with Crippen LogP contribution in [-0.2, 0) is 32.1 Å². The van der Waals surface area contributed by atoms with Crippen molar-refractivity contribution in [2.75, 3.05) is 21.0 Å². The Morgan fingerprint density at radius 3 is 1.01 bits per heavy atom. The van der Waals surface area contributed by atoms with Crippen molar-refractivity contribution < 1.29 is 32.9 Å². The molecule has 1 aliphatic heterocycles. The number of carbonyl (C=O) groups excluding carboxylic acids is 2. The number of hydrogen-bond donors (Lipinski definition) is 12. The molecule has 0 saturated heterocycles. The van der Waals surface area contributed by atoms with Crippen molar-refractivity contribution in [3.63, 3.8) is 0 Å². The average molecular weight is 1890 g/mol. The summed E-state index contributed by atoms with van der Waals surface area (Å²) in [5, 5.41) is 86.0. The van der Waals surface area contributed by atoms with Gasteiger partial charge in [0, 0.05) is 138 Å². The number of nitrogens with one attached hydrogen (secondary N) is 12. The van der Waals surface area contributed by atoms with Gasteiger partial charge in [0.25, 0.3) is 11.8 Å². The number of hydrogen-bond acceptors (Lipinski definition) is 21.